The number of nitrogens with zero attached hydrogens (tertiary/aromatic N) is 2. The van der Waals surface area contributed by atoms with E-state index in [1.165, 1.54) is 30.3 Å². The van der Waals surface area contributed by atoms with E-state index in [-0.39, 0.29) is 27.0 Å². The fourth-order valence-electron chi connectivity index (χ4n) is 2.66. The number of hydrogen-bond donors (Lipinski definition) is 0. The summed E-state index contributed by atoms with van der Waals surface area (Å²) in [6, 6.07) is 9.49. The lowest BCUT2D eigenvalue weighted by Crippen LogP contribution is -2.10. The van der Waals surface area contributed by atoms with Crippen LogP contribution in [-0.2, 0) is 6.18 Å². The van der Waals surface area contributed by atoms with Gasteiger partial charge in [0.15, 0.2) is 5.69 Å². The number of rotatable bonds is 4. The van der Waals surface area contributed by atoms with Crippen molar-refractivity contribution in [2.45, 2.75) is 24.2 Å². The van der Waals surface area contributed by atoms with Gasteiger partial charge in [0.05, 0.1) is 17.1 Å². The van der Waals surface area contributed by atoms with Gasteiger partial charge in [0.25, 0.3) is 0 Å². The van der Waals surface area contributed by atoms with Crippen LogP contribution in [-0.4, -0.2) is 21.7 Å². The van der Waals surface area contributed by atoms with Gasteiger partial charge in [-0.2, -0.15) is 31.4 Å². The normalized spacial score (nSPS) is 12.4. The van der Waals surface area contributed by atoms with Gasteiger partial charge in [-0.05, 0) is 42.8 Å². The first-order chi connectivity index (χ1) is 13.8. The van der Waals surface area contributed by atoms with Gasteiger partial charge in [0, 0.05) is 20.5 Å². The van der Waals surface area contributed by atoms with E-state index < -0.39 is 23.8 Å². The van der Waals surface area contributed by atoms with Crippen molar-refractivity contribution in [2.75, 3.05) is 5.75 Å². The molecule has 0 saturated heterocycles. The van der Waals surface area contributed by atoms with Crippen molar-refractivity contribution in [3.05, 3.63) is 63.8 Å². The maximum absolute atomic E-state index is 13.3. The summed E-state index contributed by atoms with van der Waals surface area (Å²) in [7, 11) is 0. The highest BCUT2D eigenvalue weighted by Gasteiger charge is 2.35. The second kappa shape index (κ2) is 8.36. The summed E-state index contributed by atoms with van der Waals surface area (Å²) >= 11 is 12.5. The molecule has 3 aromatic rings. The van der Waals surface area contributed by atoms with Gasteiger partial charge in [-0.25, -0.2) is 4.68 Å². The summed E-state index contributed by atoms with van der Waals surface area (Å²) < 4.78 is 78.8. The third kappa shape index (κ3) is 5.44. The number of benzene rings is 2. The van der Waals surface area contributed by atoms with Gasteiger partial charge < -0.3 is 0 Å². The Balaban J connectivity index is 2.14. The average Bonchev–Trinajstić information content (AvgIpc) is 3.05. The van der Waals surface area contributed by atoms with Crippen LogP contribution in [0.4, 0.5) is 26.3 Å². The van der Waals surface area contributed by atoms with Crippen molar-refractivity contribution in [3.8, 4) is 16.9 Å². The topological polar surface area (TPSA) is 17.8 Å². The molecule has 1 aromatic heterocycles. The van der Waals surface area contributed by atoms with E-state index in [4.69, 9.17) is 23.2 Å². The molecule has 1 heterocycles. The number of thioether (sulfide) groups is 1. The fraction of sp³-hybridized carbons (Fsp3) is 0.211. The first-order valence-electron chi connectivity index (χ1n) is 8.28. The molecule has 3 rings (SSSR count). The molecule has 11 heteroatoms. The molecule has 0 bridgehead atoms. The maximum Gasteiger partial charge on any atom is 0.435 e. The third-order valence-electron chi connectivity index (χ3n) is 3.97. The Labute approximate surface area is 181 Å². The van der Waals surface area contributed by atoms with E-state index >= 15 is 0 Å². The standard InChI is InChI=1S/C19H12Cl2F6N2S/c1-10-2-3-11(4-16(10)30-9-18(22,23)24)15-8-17(19(25,26)27)28-29(15)14-6-12(20)5-13(21)7-14/h2-8H,9H2,1H3. The minimum absolute atomic E-state index is 0.0366. The zero-order chi connectivity index (χ0) is 22.3. The van der Waals surface area contributed by atoms with Crippen molar-refractivity contribution in [3.63, 3.8) is 0 Å². The summed E-state index contributed by atoms with van der Waals surface area (Å²) in [4.78, 5) is 0.301. The second-order valence-electron chi connectivity index (χ2n) is 6.34. The van der Waals surface area contributed by atoms with Crippen molar-refractivity contribution >= 4 is 35.0 Å². The highest BCUT2D eigenvalue weighted by atomic mass is 35.5. The van der Waals surface area contributed by atoms with Gasteiger partial charge in [-0.15, -0.1) is 11.8 Å². The molecule has 0 radical (unpaired) electrons. The highest BCUT2D eigenvalue weighted by Crippen LogP contribution is 2.37. The van der Waals surface area contributed by atoms with E-state index in [0.717, 1.165) is 10.7 Å². The second-order valence-corrected chi connectivity index (χ2v) is 8.23. The zero-order valence-electron chi connectivity index (χ0n) is 15.1. The molecule has 2 nitrogen and oxygen atoms in total. The van der Waals surface area contributed by atoms with E-state index in [0.29, 0.717) is 22.2 Å². The van der Waals surface area contributed by atoms with Gasteiger partial charge in [-0.1, -0.05) is 35.3 Å². The minimum atomic E-state index is -4.72. The minimum Gasteiger partial charge on any atom is -0.232 e. The molecular weight excluding hydrogens is 473 g/mol. The number of aromatic nitrogens is 2. The maximum atomic E-state index is 13.3. The summed E-state index contributed by atoms with van der Waals surface area (Å²) in [5.41, 5.74) is -0.0958. The molecule has 0 atom stereocenters. The highest BCUT2D eigenvalue weighted by molar-refractivity contribution is 7.99. The number of aryl methyl sites for hydroxylation is 1. The summed E-state index contributed by atoms with van der Waals surface area (Å²) in [6.45, 7) is 1.62. The smallest absolute Gasteiger partial charge is 0.232 e. The van der Waals surface area contributed by atoms with Crippen molar-refractivity contribution in [1.82, 2.24) is 9.78 Å². The molecule has 0 amide bonds. The lowest BCUT2D eigenvalue weighted by molar-refractivity contribution is -0.141. The molecule has 0 fully saturated rings. The Morgan fingerprint density at radius 2 is 1.57 bits per heavy atom. The first-order valence-corrected chi connectivity index (χ1v) is 10.0. The molecule has 0 unspecified atom stereocenters. The number of halogens is 8. The van der Waals surface area contributed by atoms with Gasteiger partial charge in [0.1, 0.15) is 0 Å². The predicted molar refractivity (Wildman–Crippen MR) is 106 cm³/mol. The monoisotopic (exact) mass is 484 g/mol. The molecule has 0 spiro atoms. The van der Waals surface area contributed by atoms with E-state index in [9.17, 15) is 26.3 Å². The van der Waals surface area contributed by atoms with E-state index in [2.05, 4.69) is 5.10 Å². The van der Waals surface area contributed by atoms with Crippen molar-refractivity contribution < 1.29 is 26.3 Å². The number of hydrogen-bond acceptors (Lipinski definition) is 2. The van der Waals surface area contributed by atoms with Crippen LogP contribution in [0.15, 0.2) is 47.4 Å². The van der Waals surface area contributed by atoms with Crippen molar-refractivity contribution in [2.24, 2.45) is 0 Å². The quantitative estimate of drug-likeness (QED) is 0.277. The van der Waals surface area contributed by atoms with Crippen LogP contribution in [0.25, 0.3) is 16.9 Å². The molecule has 2 aromatic carbocycles. The summed E-state index contributed by atoms with van der Waals surface area (Å²) in [5, 5.41) is 4.02. The first kappa shape index (κ1) is 22.8. The number of alkyl halides is 6. The van der Waals surface area contributed by atoms with E-state index in [1.54, 1.807) is 13.0 Å². The lowest BCUT2D eigenvalue weighted by Gasteiger charge is -2.12. The van der Waals surface area contributed by atoms with Crippen LogP contribution < -0.4 is 0 Å². The lowest BCUT2D eigenvalue weighted by atomic mass is 10.1. The zero-order valence-corrected chi connectivity index (χ0v) is 17.4. The molecule has 0 aliphatic heterocycles. The molecule has 0 saturated carbocycles. The summed E-state index contributed by atoms with van der Waals surface area (Å²) in [6.07, 6.45) is -9.10. The van der Waals surface area contributed by atoms with Crippen LogP contribution in [0.2, 0.25) is 10.0 Å². The van der Waals surface area contributed by atoms with Crippen LogP contribution >= 0.6 is 35.0 Å². The molecule has 0 aliphatic carbocycles. The Morgan fingerprint density at radius 1 is 0.933 bits per heavy atom. The average molecular weight is 485 g/mol. The van der Waals surface area contributed by atoms with Gasteiger partial charge >= 0.3 is 12.4 Å². The molecule has 0 N–H and O–H groups in total. The predicted octanol–water partition coefficient (Wildman–Crippen LogP) is 7.83. The van der Waals surface area contributed by atoms with E-state index in [1.807, 2.05) is 0 Å². The van der Waals surface area contributed by atoms with Gasteiger partial charge in [0.2, 0.25) is 0 Å². The fourth-order valence-corrected chi connectivity index (χ4v) is 4.00. The van der Waals surface area contributed by atoms with Gasteiger partial charge in [-0.3, -0.25) is 0 Å². The Kier molecular flexibility index (Phi) is 6.36. The largest absolute Gasteiger partial charge is 0.435 e. The summed E-state index contributed by atoms with van der Waals surface area (Å²) in [5.74, 6) is -1.12. The Bertz CT molecular complexity index is 1060. The van der Waals surface area contributed by atoms with Crippen LogP contribution in [0, 0.1) is 6.92 Å². The van der Waals surface area contributed by atoms with Crippen LogP contribution in [0.5, 0.6) is 0 Å². The van der Waals surface area contributed by atoms with Crippen LogP contribution in [0.1, 0.15) is 11.3 Å². The molecule has 30 heavy (non-hydrogen) atoms. The third-order valence-corrected chi connectivity index (χ3v) is 5.63. The Morgan fingerprint density at radius 3 is 2.13 bits per heavy atom. The SMILES string of the molecule is Cc1ccc(-c2cc(C(F)(F)F)nn2-c2cc(Cl)cc(Cl)c2)cc1SCC(F)(F)F. The molecule has 0 aliphatic rings. The Hall–Kier alpha value is -1.84. The van der Waals surface area contributed by atoms with Crippen LogP contribution in [0.3, 0.4) is 0 Å². The van der Waals surface area contributed by atoms with Crippen molar-refractivity contribution in [1.29, 1.82) is 0 Å². The molecule has 160 valence electrons. The molecular formula is C19H12Cl2F6N2S.